The van der Waals surface area contributed by atoms with Crippen molar-refractivity contribution in [1.82, 2.24) is 5.16 Å². The quantitative estimate of drug-likeness (QED) is 0.885. The number of halogens is 1. The Morgan fingerprint density at radius 3 is 2.90 bits per heavy atom. The number of aliphatic carboxylic acids is 1. The van der Waals surface area contributed by atoms with Gasteiger partial charge in [-0.15, -0.1) is 0 Å². The number of ether oxygens (including phenoxy) is 1. The van der Waals surface area contributed by atoms with Gasteiger partial charge < -0.3 is 14.4 Å². The summed E-state index contributed by atoms with van der Waals surface area (Å²) in [7, 11) is 0. The van der Waals surface area contributed by atoms with E-state index in [0.717, 1.165) is 23.1 Å². The van der Waals surface area contributed by atoms with E-state index in [4.69, 9.17) is 14.4 Å². The lowest BCUT2D eigenvalue weighted by Crippen LogP contribution is -2.23. The number of hydrogen-bond donors (Lipinski definition) is 1. The summed E-state index contributed by atoms with van der Waals surface area (Å²) in [5.74, 6) is 0.814. The second-order valence-electron chi connectivity index (χ2n) is 5.13. The maximum absolute atomic E-state index is 11.0. The Bertz CT molecular complexity index is 678. The van der Waals surface area contributed by atoms with Crippen LogP contribution in [0.5, 0.6) is 5.75 Å². The second kappa shape index (κ2) is 5.52. The summed E-state index contributed by atoms with van der Waals surface area (Å²) in [5, 5.41) is 13.1. The Labute approximate surface area is 130 Å². The third kappa shape index (κ3) is 3.10. The lowest BCUT2D eigenvalue weighted by Gasteiger charge is -2.13. The smallest absolute Gasteiger partial charge is 0.344 e. The summed E-state index contributed by atoms with van der Waals surface area (Å²) in [6.45, 7) is 1.49. The van der Waals surface area contributed by atoms with Crippen LogP contribution in [-0.2, 0) is 4.79 Å². The Morgan fingerprint density at radius 1 is 1.48 bits per heavy atom. The molecule has 1 N–H and O–H groups in total. The van der Waals surface area contributed by atoms with E-state index in [-0.39, 0.29) is 0 Å². The fourth-order valence-electron chi connectivity index (χ4n) is 2.02. The first-order valence-electron chi connectivity index (χ1n) is 6.70. The van der Waals surface area contributed by atoms with Gasteiger partial charge in [0.2, 0.25) is 0 Å². The van der Waals surface area contributed by atoms with Crippen LogP contribution in [0.4, 0.5) is 0 Å². The van der Waals surface area contributed by atoms with E-state index >= 15 is 0 Å². The molecule has 1 fully saturated rings. The van der Waals surface area contributed by atoms with E-state index < -0.39 is 12.1 Å². The van der Waals surface area contributed by atoms with Gasteiger partial charge in [-0.05, 0) is 38.0 Å². The van der Waals surface area contributed by atoms with Gasteiger partial charge in [0, 0.05) is 22.0 Å². The lowest BCUT2D eigenvalue weighted by molar-refractivity contribution is -0.144. The first-order chi connectivity index (χ1) is 10.0. The van der Waals surface area contributed by atoms with Crippen LogP contribution in [0.3, 0.4) is 0 Å². The Morgan fingerprint density at radius 2 is 2.24 bits per heavy atom. The van der Waals surface area contributed by atoms with E-state index in [0.29, 0.717) is 22.9 Å². The van der Waals surface area contributed by atoms with Gasteiger partial charge in [0.15, 0.2) is 6.10 Å². The molecule has 0 unspecified atom stereocenters. The molecule has 1 aromatic heterocycles. The molecule has 6 heteroatoms. The van der Waals surface area contributed by atoms with Gasteiger partial charge in [-0.25, -0.2) is 4.79 Å². The molecule has 0 aliphatic heterocycles. The van der Waals surface area contributed by atoms with Crippen LogP contribution in [0.25, 0.3) is 11.3 Å². The number of rotatable bonds is 5. The van der Waals surface area contributed by atoms with Crippen molar-refractivity contribution in [2.75, 3.05) is 0 Å². The molecule has 1 atom stereocenters. The van der Waals surface area contributed by atoms with Crippen molar-refractivity contribution in [3.63, 3.8) is 0 Å². The molecule has 21 heavy (non-hydrogen) atoms. The number of hydrogen-bond acceptors (Lipinski definition) is 4. The highest BCUT2D eigenvalue weighted by Crippen LogP contribution is 2.42. The monoisotopic (exact) mass is 351 g/mol. The van der Waals surface area contributed by atoms with E-state index in [1.54, 1.807) is 12.1 Å². The van der Waals surface area contributed by atoms with Crippen LogP contribution in [-0.4, -0.2) is 22.3 Å². The average molecular weight is 352 g/mol. The fraction of sp³-hybridized carbons (Fsp3) is 0.333. The van der Waals surface area contributed by atoms with Crippen molar-refractivity contribution < 1.29 is 19.2 Å². The van der Waals surface area contributed by atoms with Gasteiger partial charge in [0.25, 0.3) is 0 Å². The highest BCUT2D eigenvalue weighted by atomic mass is 79.9. The minimum Gasteiger partial charge on any atom is -0.479 e. The van der Waals surface area contributed by atoms with Gasteiger partial charge in [0.1, 0.15) is 17.2 Å². The molecule has 2 aromatic rings. The predicted octanol–water partition coefficient (Wildman–Crippen LogP) is 3.83. The van der Waals surface area contributed by atoms with Crippen molar-refractivity contribution in [2.24, 2.45) is 0 Å². The van der Waals surface area contributed by atoms with E-state index in [2.05, 4.69) is 21.1 Å². The van der Waals surface area contributed by atoms with E-state index in [1.165, 1.54) is 6.92 Å². The fourth-order valence-corrected chi connectivity index (χ4v) is 2.38. The molecule has 1 aromatic carbocycles. The lowest BCUT2D eigenvalue weighted by atomic mass is 10.1. The minimum atomic E-state index is -1.01. The maximum Gasteiger partial charge on any atom is 0.344 e. The third-order valence-electron chi connectivity index (χ3n) is 3.38. The van der Waals surface area contributed by atoms with Crippen LogP contribution in [0.15, 0.2) is 33.3 Å². The number of carbonyl (C=O) groups is 1. The van der Waals surface area contributed by atoms with Gasteiger partial charge in [-0.2, -0.15) is 0 Å². The molecule has 110 valence electrons. The van der Waals surface area contributed by atoms with Gasteiger partial charge in [0.05, 0.1) is 0 Å². The maximum atomic E-state index is 11.0. The van der Waals surface area contributed by atoms with Crippen LogP contribution in [0.2, 0.25) is 0 Å². The molecule has 5 nitrogen and oxygen atoms in total. The van der Waals surface area contributed by atoms with Crippen LogP contribution < -0.4 is 4.74 Å². The normalized spacial score (nSPS) is 15.7. The second-order valence-corrected chi connectivity index (χ2v) is 6.04. The van der Waals surface area contributed by atoms with Crippen LogP contribution in [0, 0.1) is 0 Å². The zero-order valence-electron chi connectivity index (χ0n) is 11.4. The number of benzene rings is 1. The summed E-state index contributed by atoms with van der Waals surface area (Å²) in [4.78, 5) is 11.0. The molecular formula is C15H14BrNO4. The molecule has 1 heterocycles. The summed E-state index contributed by atoms with van der Waals surface area (Å²) in [6.07, 6.45) is 1.33. The molecule has 0 radical (unpaired) electrons. The van der Waals surface area contributed by atoms with Crippen molar-refractivity contribution in [3.05, 3.63) is 34.5 Å². The zero-order chi connectivity index (χ0) is 15.0. The molecule has 0 bridgehead atoms. The predicted molar refractivity (Wildman–Crippen MR) is 79.3 cm³/mol. The first kappa shape index (κ1) is 14.1. The molecule has 0 spiro atoms. The highest BCUT2D eigenvalue weighted by Gasteiger charge is 2.28. The van der Waals surface area contributed by atoms with Crippen LogP contribution in [0.1, 0.15) is 31.4 Å². The van der Waals surface area contributed by atoms with Gasteiger partial charge in [-0.3, -0.25) is 0 Å². The Hall–Kier alpha value is -1.82. The SMILES string of the molecule is C[C@H](Oc1ccc(Br)cc1-c1cc(C2CC2)on1)C(=O)O. The largest absolute Gasteiger partial charge is 0.479 e. The molecule has 0 saturated heterocycles. The molecule has 1 aliphatic carbocycles. The number of carboxylic acid groups (broad SMARTS) is 1. The van der Waals surface area contributed by atoms with Gasteiger partial charge in [-0.1, -0.05) is 21.1 Å². The summed E-state index contributed by atoms with van der Waals surface area (Å²) in [6, 6.07) is 7.27. The average Bonchev–Trinajstić information content (AvgIpc) is 3.18. The highest BCUT2D eigenvalue weighted by molar-refractivity contribution is 9.10. The minimum absolute atomic E-state index is 0.473. The number of nitrogens with zero attached hydrogens (tertiary/aromatic N) is 1. The number of carboxylic acids is 1. The Balaban J connectivity index is 1.94. The van der Waals surface area contributed by atoms with Crippen LogP contribution >= 0.6 is 15.9 Å². The summed E-state index contributed by atoms with van der Waals surface area (Å²) >= 11 is 3.41. The van der Waals surface area contributed by atoms with Crippen molar-refractivity contribution >= 4 is 21.9 Å². The zero-order valence-corrected chi connectivity index (χ0v) is 13.0. The van der Waals surface area contributed by atoms with Crippen molar-refractivity contribution in [3.8, 4) is 17.0 Å². The van der Waals surface area contributed by atoms with Gasteiger partial charge >= 0.3 is 5.97 Å². The molecular weight excluding hydrogens is 338 g/mol. The molecule has 1 aliphatic rings. The molecule has 1 saturated carbocycles. The summed E-state index contributed by atoms with van der Waals surface area (Å²) < 4.78 is 11.7. The van der Waals surface area contributed by atoms with Crippen molar-refractivity contribution in [2.45, 2.75) is 31.8 Å². The van der Waals surface area contributed by atoms with E-state index in [9.17, 15) is 4.79 Å². The summed E-state index contributed by atoms with van der Waals surface area (Å²) in [5.41, 5.74) is 1.37. The third-order valence-corrected chi connectivity index (χ3v) is 3.87. The van der Waals surface area contributed by atoms with E-state index in [1.807, 2.05) is 12.1 Å². The standard InChI is InChI=1S/C15H14BrNO4/c1-8(15(18)19)20-13-5-4-10(16)6-11(13)12-7-14(21-17-12)9-2-3-9/h4-9H,2-3H2,1H3,(H,18,19)/t8-/m0/s1. The number of aromatic nitrogens is 1. The molecule has 3 rings (SSSR count). The first-order valence-corrected chi connectivity index (χ1v) is 7.50. The molecule has 0 amide bonds. The van der Waals surface area contributed by atoms with Crippen molar-refractivity contribution in [1.29, 1.82) is 0 Å². The Kier molecular flexibility index (Phi) is 3.71. The topological polar surface area (TPSA) is 72.6 Å².